The molecule has 1 amide bonds. The lowest BCUT2D eigenvalue weighted by atomic mass is 9.80. The van der Waals surface area contributed by atoms with Crippen LogP contribution < -0.4 is 11.1 Å². The van der Waals surface area contributed by atoms with Crippen molar-refractivity contribution in [3.8, 4) is 0 Å². The molecule has 1 saturated carbocycles. The molecule has 0 bridgehead atoms. The molecule has 1 aromatic rings. The van der Waals surface area contributed by atoms with Crippen molar-refractivity contribution in [2.45, 2.75) is 25.8 Å². The van der Waals surface area contributed by atoms with Gasteiger partial charge in [0.1, 0.15) is 0 Å². The Balaban J connectivity index is 2.03. The fourth-order valence-corrected chi connectivity index (χ4v) is 2.20. The first-order valence-electron chi connectivity index (χ1n) is 5.39. The highest BCUT2D eigenvalue weighted by Crippen LogP contribution is 2.28. The van der Waals surface area contributed by atoms with Crippen LogP contribution in [-0.2, 0) is 4.79 Å². The summed E-state index contributed by atoms with van der Waals surface area (Å²) in [6.45, 7) is 1.98. The number of rotatable bonds is 2. The van der Waals surface area contributed by atoms with Crippen LogP contribution in [0.25, 0.3) is 0 Å². The van der Waals surface area contributed by atoms with E-state index in [1.165, 1.54) is 0 Å². The third kappa shape index (κ3) is 2.44. The van der Waals surface area contributed by atoms with Gasteiger partial charge in [0, 0.05) is 22.1 Å². The Bertz CT molecular complexity index is 413. The van der Waals surface area contributed by atoms with Crippen LogP contribution >= 0.6 is 15.9 Å². The summed E-state index contributed by atoms with van der Waals surface area (Å²) < 4.78 is 0.971. The zero-order valence-corrected chi connectivity index (χ0v) is 10.8. The number of nitrogens with one attached hydrogen (secondary N) is 1. The van der Waals surface area contributed by atoms with Gasteiger partial charge in [-0.25, -0.2) is 0 Å². The van der Waals surface area contributed by atoms with Gasteiger partial charge in [-0.15, -0.1) is 0 Å². The predicted molar refractivity (Wildman–Crippen MR) is 68.2 cm³/mol. The molecule has 1 aliphatic rings. The van der Waals surface area contributed by atoms with Crippen LogP contribution in [0.5, 0.6) is 0 Å². The summed E-state index contributed by atoms with van der Waals surface area (Å²) in [4.78, 5) is 11.8. The van der Waals surface area contributed by atoms with E-state index in [0.717, 1.165) is 28.6 Å². The maximum absolute atomic E-state index is 11.8. The molecule has 86 valence electrons. The van der Waals surface area contributed by atoms with Gasteiger partial charge in [-0.1, -0.05) is 22.0 Å². The van der Waals surface area contributed by atoms with Crippen molar-refractivity contribution in [2.75, 3.05) is 5.32 Å². The van der Waals surface area contributed by atoms with E-state index in [-0.39, 0.29) is 17.9 Å². The summed E-state index contributed by atoms with van der Waals surface area (Å²) >= 11 is 3.39. The van der Waals surface area contributed by atoms with Gasteiger partial charge < -0.3 is 11.1 Å². The largest absolute Gasteiger partial charge is 0.328 e. The van der Waals surface area contributed by atoms with Crippen LogP contribution in [0.1, 0.15) is 18.4 Å². The number of halogens is 1. The molecular formula is C12H15BrN2O. The summed E-state index contributed by atoms with van der Waals surface area (Å²) in [5.74, 6) is 0.177. The Morgan fingerprint density at radius 1 is 1.50 bits per heavy atom. The maximum atomic E-state index is 11.8. The Morgan fingerprint density at radius 2 is 2.19 bits per heavy atom. The number of hydrogen-bond donors (Lipinski definition) is 2. The Labute approximate surface area is 104 Å². The van der Waals surface area contributed by atoms with Crippen molar-refractivity contribution in [2.24, 2.45) is 11.7 Å². The number of carbonyl (C=O) groups is 1. The smallest absolute Gasteiger partial charge is 0.227 e. The molecular weight excluding hydrogens is 268 g/mol. The van der Waals surface area contributed by atoms with Gasteiger partial charge in [-0.3, -0.25) is 4.79 Å². The second-order valence-electron chi connectivity index (χ2n) is 4.38. The maximum Gasteiger partial charge on any atom is 0.227 e. The topological polar surface area (TPSA) is 55.1 Å². The van der Waals surface area contributed by atoms with Crippen molar-refractivity contribution < 1.29 is 4.79 Å². The Morgan fingerprint density at radius 3 is 2.81 bits per heavy atom. The summed E-state index contributed by atoms with van der Waals surface area (Å²) in [7, 11) is 0. The van der Waals surface area contributed by atoms with Crippen LogP contribution in [-0.4, -0.2) is 11.9 Å². The molecule has 3 nitrogen and oxygen atoms in total. The average Bonchev–Trinajstić information content (AvgIpc) is 2.19. The molecule has 0 aromatic heterocycles. The van der Waals surface area contributed by atoms with E-state index in [2.05, 4.69) is 21.2 Å². The minimum absolute atomic E-state index is 0.0860. The summed E-state index contributed by atoms with van der Waals surface area (Å²) in [6, 6.07) is 6.07. The Kier molecular flexibility index (Phi) is 3.30. The van der Waals surface area contributed by atoms with Crippen molar-refractivity contribution in [1.29, 1.82) is 0 Å². The van der Waals surface area contributed by atoms with Crippen LogP contribution in [0.4, 0.5) is 5.69 Å². The molecule has 3 N–H and O–H groups in total. The van der Waals surface area contributed by atoms with Crippen molar-refractivity contribution >= 4 is 27.5 Å². The molecule has 0 aliphatic heterocycles. The molecule has 0 radical (unpaired) electrons. The molecule has 1 fully saturated rings. The lowest BCUT2D eigenvalue weighted by molar-refractivity contribution is -0.122. The number of anilines is 1. The summed E-state index contributed by atoms with van der Waals surface area (Å²) in [5.41, 5.74) is 7.61. The molecule has 0 saturated heterocycles. The highest BCUT2D eigenvalue weighted by atomic mass is 79.9. The van der Waals surface area contributed by atoms with Crippen LogP contribution in [0, 0.1) is 12.8 Å². The normalized spacial score (nSPS) is 23.7. The van der Waals surface area contributed by atoms with Crippen molar-refractivity contribution in [3.63, 3.8) is 0 Å². The fraction of sp³-hybridized carbons (Fsp3) is 0.417. The van der Waals surface area contributed by atoms with Crippen LogP contribution in [0.15, 0.2) is 22.7 Å². The quantitative estimate of drug-likeness (QED) is 0.875. The molecule has 0 unspecified atom stereocenters. The van der Waals surface area contributed by atoms with E-state index in [1.807, 2.05) is 25.1 Å². The summed E-state index contributed by atoms with van der Waals surface area (Å²) in [6.07, 6.45) is 1.61. The van der Waals surface area contributed by atoms with Gasteiger partial charge in [0.15, 0.2) is 0 Å². The molecule has 0 spiro atoms. The Hall–Kier alpha value is -0.870. The van der Waals surface area contributed by atoms with Gasteiger partial charge in [0.2, 0.25) is 5.91 Å². The average molecular weight is 283 g/mol. The first-order valence-corrected chi connectivity index (χ1v) is 6.18. The van der Waals surface area contributed by atoms with E-state index < -0.39 is 0 Å². The number of benzene rings is 1. The number of nitrogens with two attached hydrogens (primary N) is 1. The van der Waals surface area contributed by atoms with Crippen LogP contribution in [0.2, 0.25) is 0 Å². The number of amides is 1. The highest BCUT2D eigenvalue weighted by Gasteiger charge is 2.32. The van der Waals surface area contributed by atoms with Gasteiger partial charge in [0.25, 0.3) is 0 Å². The third-order valence-electron chi connectivity index (χ3n) is 3.00. The van der Waals surface area contributed by atoms with E-state index >= 15 is 0 Å². The summed E-state index contributed by atoms with van der Waals surface area (Å²) in [5, 5.41) is 2.95. The minimum atomic E-state index is 0.0860. The van der Waals surface area contributed by atoms with E-state index in [4.69, 9.17) is 5.73 Å². The molecule has 0 heterocycles. The molecule has 2 rings (SSSR count). The molecule has 0 atom stereocenters. The first-order chi connectivity index (χ1) is 7.56. The van der Waals surface area contributed by atoms with E-state index in [9.17, 15) is 4.79 Å². The van der Waals surface area contributed by atoms with Crippen LogP contribution in [0.3, 0.4) is 0 Å². The van der Waals surface area contributed by atoms with E-state index in [1.54, 1.807) is 0 Å². The molecule has 16 heavy (non-hydrogen) atoms. The second kappa shape index (κ2) is 4.55. The number of carbonyl (C=O) groups excluding carboxylic acids is 1. The van der Waals surface area contributed by atoms with Gasteiger partial charge in [0.05, 0.1) is 0 Å². The third-order valence-corrected chi connectivity index (χ3v) is 3.50. The van der Waals surface area contributed by atoms with Crippen molar-refractivity contribution in [3.05, 3.63) is 28.2 Å². The molecule has 1 aliphatic carbocycles. The molecule has 4 heteroatoms. The second-order valence-corrected chi connectivity index (χ2v) is 5.29. The van der Waals surface area contributed by atoms with Gasteiger partial charge >= 0.3 is 0 Å². The molecule has 1 aromatic carbocycles. The van der Waals surface area contributed by atoms with E-state index in [0.29, 0.717) is 0 Å². The fourth-order valence-electron chi connectivity index (χ4n) is 1.84. The first kappa shape index (κ1) is 11.6. The zero-order valence-electron chi connectivity index (χ0n) is 9.16. The highest BCUT2D eigenvalue weighted by molar-refractivity contribution is 9.10. The van der Waals surface area contributed by atoms with Gasteiger partial charge in [-0.2, -0.15) is 0 Å². The standard InChI is InChI=1S/C12H15BrN2O/c1-7-2-3-9(13)6-11(7)15-12(16)8-4-10(14)5-8/h2-3,6,8,10H,4-5,14H2,1H3,(H,15,16). The monoisotopic (exact) mass is 282 g/mol. The minimum Gasteiger partial charge on any atom is -0.328 e. The predicted octanol–water partition coefficient (Wildman–Crippen LogP) is 2.43. The van der Waals surface area contributed by atoms with Crippen molar-refractivity contribution in [1.82, 2.24) is 0 Å². The SMILES string of the molecule is Cc1ccc(Br)cc1NC(=O)C1CC(N)C1. The lowest BCUT2D eigenvalue weighted by Gasteiger charge is -2.31. The van der Waals surface area contributed by atoms with Gasteiger partial charge in [-0.05, 0) is 37.5 Å². The number of aryl methyl sites for hydroxylation is 1. The lowest BCUT2D eigenvalue weighted by Crippen LogP contribution is -2.42. The zero-order chi connectivity index (χ0) is 11.7. The number of hydrogen-bond acceptors (Lipinski definition) is 2.